The molecule has 4 nitrogen and oxygen atoms in total. The summed E-state index contributed by atoms with van der Waals surface area (Å²) in [5.41, 5.74) is 4.19. The molecule has 1 atom stereocenters. The highest BCUT2D eigenvalue weighted by Crippen LogP contribution is 2.25. The van der Waals surface area contributed by atoms with Crippen molar-refractivity contribution in [1.82, 2.24) is 0 Å². The monoisotopic (exact) mass is 329 g/mol. The number of hydrogen-bond donors (Lipinski definition) is 1. The van der Waals surface area contributed by atoms with Crippen LogP contribution in [0, 0.1) is 0 Å². The van der Waals surface area contributed by atoms with Gasteiger partial charge in [0, 0.05) is 0 Å². The summed E-state index contributed by atoms with van der Waals surface area (Å²) < 4.78 is 0. The minimum Gasteiger partial charge on any atom is -0.313 e. The van der Waals surface area contributed by atoms with Crippen molar-refractivity contribution in [3.63, 3.8) is 0 Å². The van der Waals surface area contributed by atoms with E-state index in [1.165, 1.54) is 11.8 Å². The first-order valence-corrected chi connectivity index (χ1v) is 7.20. The summed E-state index contributed by atoms with van der Waals surface area (Å²) in [6.45, 7) is 0. The zero-order valence-electron chi connectivity index (χ0n) is 8.29. The fourth-order valence-corrected chi connectivity index (χ4v) is 1.74. The summed E-state index contributed by atoms with van der Waals surface area (Å²) in [6, 6.07) is 0. The molecule has 16 heavy (non-hydrogen) atoms. The lowest BCUT2D eigenvalue weighted by molar-refractivity contribution is -0.273. The van der Waals surface area contributed by atoms with Gasteiger partial charge in [-0.15, -0.1) is 28.1 Å². The van der Waals surface area contributed by atoms with E-state index in [4.69, 9.17) is 52.1 Å². The first-order chi connectivity index (χ1) is 7.34. The Kier molecular flexibility index (Phi) is 8.54. The lowest BCUT2D eigenvalue weighted by Gasteiger charge is -2.26. The van der Waals surface area contributed by atoms with Crippen LogP contribution in [-0.4, -0.2) is 33.4 Å². The van der Waals surface area contributed by atoms with Crippen LogP contribution in [0.25, 0.3) is 0 Å². The Morgan fingerprint density at radius 3 is 2.38 bits per heavy atom. The Hall–Kier alpha value is 0.900. The maximum absolute atomic E-state index is 11.5. The van der Waals surface area contributed by atoms with Crippen molar-refractivity contribution in [2.45, 2.75) is 21.8 Å². The van der Waals surface area contributed by atoms with Crippen LogP contribution in [0.15, 0.2) is 0 Å². The average molecular weight is 331 g/mol. The normalized spacial score (nSPS) is 15.2. The highest BCUT2D eigenvalue weighted by molar-refractivity contribution is 7.98. The van der Waals surface area contributed by atoms with Gasteiger partial charge in [-0.1, -0.05) is 23.2 Å². The molecule has 0 heterocycles. The van der Waals surface area contributed by atoms with Gasteiger partial charge in [-0.25, -0.2) is 4.79 Å². The number of thioether (sulfide) groups is 1. The van der Waals surface area contributed by atoms with Gasteiger partial charge in [0.1, 0.15) is 10.4 Å². The molecule has 9 heteroatoms. The van der Waals surface area contributed by atoms with E-state index < -0.39 is 21.4 Å². The molecule has 0 rings (SSSR count). The fourth-order valence-electron chi connectivity index (χ4n) is 0.729. The van der Waals surface area contributed by atoms with Crippen molar-refractivity contribution >= 4 is 64.1 Å². The van der Waals surface area contributed by atoms with E-state index in [0.29, 0.717) is 5.75 Å². The summed E-state index contributed by atoms with van der Waals surface area (Å²) in [7, 11) is 0. The Bertz CT molecular complexity index is 232. The van der Waals surface area contributed by atoms with Gasteiger partial charge in [0.25, 0.3) is 5.02 Å². The molecule has 0 aliphatic carbocycles. The fraction of sp³-hybridized carbons (Fsp3) is 0.857. The van der Waals surface area contributed by atoms with E-state index in [1.54, 1.807) is 0 Å². The third-order valence-electron chi connectivity index (χ3n) is 1.69. The molecule has 0 aliphatic rings. The summed E-state index contributed by atoms with van der Waals surface area (Å²) in [5.74, 6) is -0.324. The zero-order chi connectivity index (χ0) is 12.8. The highest BCUT2D eigenvalue weighted by Gasteiger charge is 2.42. The predicted molar refractivity (Wildman–Crippen MR) is 68.1 cm³/mol. The molecule has 0 amide bonds. The van der Waals surface area contributed by atoms with Gasteiger partial charge in [0.2, 0.25) is 0 Å². The van der Waals surface area contributed by atoms with E-state index >= 15 is 0 Å². The van der Waals surface area contributed by atoms with E-state index in [0.717, 1.165) is 0 Å². The number of hydrogen-bond acceptors (Lipinski definition) is 5. The topological polar surface area (TPSA) is 61.6 Å². The van der Waals surface area contributed by atoms with Crippen LogP contribution >= 0.6 is 58.2 Å². The second-order valence-corrected chi connectivity index (χ2v) is 5.91. The van der Waals surface area contributed by atoms with Crippen molar-refractivity contribution in [2.75, 3.05) is 12.0 Å². The molecule has 0 aliphatic heterocycles. The van der Waals surface area contributed by atoms with Crippen molar-refractivity contribution in [2.24, 2.45) is 5.73 Å². The van der Waals surface area contributed by atoms with Crippen molar-refractivity contribution < 1.29 is 14.6 Å². The SMILES string of the molecule is CSCCC(N)(C(=O)OOC(Cl)Cl)C(Cl)Cl. The highest BCUT2D eigenvalue weighted by atomic mass is 35.5. The Morgan fingerprint density at radius 1 is 1.44 bits per heavy atom. The lowest BCUT2D eigenvalue weighted by atomic mass is 10.0. The largest absolute Gasteiger partial charge is 0.364 e. The zero-order valence-corrected chi connectivity index (χ0v) is 12.1. The Labute approximate surface area is 118 Å². The molecule has 0 fully saturated rings. The Balaban J connectivity index is 4.44. The third-order valence-corrected chi connectivity index (χ3v) is 3.22. The van der Waals surface area contributed by atoms with Crippen LogP contribution in [0.3, 0.4) is 0 Å². The molecular formula is C7H11Cl4NO3S. The molecule has 0 aromatic carbocycles. The second-order valence-electron chi connectivity index (χ2n) is 2.81. The van der Waals surface area contributed by atoms with Gasteiger partial charge in [0.05, 0.1) is 0 Å². The van der Waals surface area contributed by atoms with Gasteiger partial charge in [-0.05, 0) is 18.4 Å². The van der Waals surface area contributed by atoms with Crippen LogP contribution in [0.2, 0.25) is 0 Å². The molecule has 0 radical (unpaired) electrons. The molecule has 0 aromatic heterocycles. The molecule has 0 aromatic rings. The van der Waals surface area contributed by atoms with Gasteiger partial charge < -0.3 is 5.73 Å². The van der Waals surface area contributed by atoms with Gasteiger partial charge in [-0.3, -0.25) is 4.89 Å². The summed E-state index contributed by atoms with van der Waals surface area (Å²) >= 11 is 23.2. The number of rotatable bonds is 7. The average Bonchev–Trinajstić information content (AvgIpc) is 2.21. The maximum Gasteiger partial charge on any atom is 0.364 e. The maximum atomic E-state index is 11.5. The van der Waals surface area contributed by atoms with Crippen molar-refractivity contribution in [1.29, 1.82) is 0 Å². The molecule has 0 saturated carbocycles. The molecule has 2 N–H and O–H groups in total. The third kappa shape index (κ3) is 5.49. The number of alkyl halides is 4. The van der Waals surface area contributed by atoms with Crippen molar-refractivity contribution in [3.05, 3.63) is 0 Å². The van der Waals surface area contributed by atoms with E-state index in [1.807, 2.05) is 6.26 Å². The van der Waals surface area contributed by atoms with E-state index in [-0.39, 0.29) is 6.42 Å². The number of carbonyl (C=O) groups is 1. The molecule has 0 spiro atoms. The van der Waals surface area contributed by atoms with Gasteiger partial charge in [0.15, 0.2) is 0 Å². The molecular weight excluding hydrogens is 320 g/mol. The first-order valence-electron chi connectivity index (χ1n) is 4.06. The Morgan fingerprint density at radius 2 is 2.00 bits per heavy atom. The smallest absolute Gasteiger partial charge is 0.313 e. The minimum absolute atomic E-state index is 0.239. The number of carbonyl (C=O) groups excluding carboxylic acids is 1. The first kappa shape index (κ1) is 16.9. The van der Waals surface area contributed by atoms with Gasteiger partial charge in [-0.2, -0.15) is 11.8 Å². The van der Waals surface area contributed by atoms with Crippen molar-refractivity contribution in [3.8, 4) is 0 Å². The number of halogens is 4. The van der Waals surface area contributed by atoms with Crippen LogP contribution < -0.4 is 5.73 Å². The lowest BCUT2D eigenvalue weighted by Crippen LogP contribution is -2.54. The summed E-state index contributed by atoms with van der Waals surface area (Å²) in [6.07, 6.45) is 2.09. The quantitative estimate of drug-likeness (QED) is 0.441. The number of nitrogens with two attached hydrogens (primary N) is 1. The predicted octanol–water partition coefficient (Wildman–Crippen LogP) is 2.48. The van der Waals surface area contributed by atoms with Crippen LogP contribution in [0.1, 0.15) is 6.42 Å². The standard InChI is InChI=1S/C7H11Cl4NO3S/c1-16-3-2-7(12,4(8)9)5(13)14-15-6(10)11/h4,6H,2-3,12H2,1H3. The summed E-state index contributed by atoms with van der Waals surface area (Å²) in [5, 5.41) is -1.29. The summed E-state index contributed by atoms with van der Waals surface area (Å²) in [4.78, 5) is 19.0. The molecule has 1 unspecified atom stereocenters. The molecule has 96 valence electrons. The van der Waals surface area contributed by atoms with E-state index in [9.17, 15) is 4.79 Å². The van der Waals surface area contributed by atoms with Gasteiger partial charge >= 0.3 is 5.97 Å². The van der Waals surface area contributed by atoms with E-state index in [2.05, 4.69) is 9.78 Å². The molecule has 0 bridgehead atoms. The molecule has 0 saturated heterocycles. The van der Waals surface area contributed by atoms with Crippen LogP contribution in [0.5, 0.6) is 0 Å². The van der Waals surface area contributed by atoms with Crippen LogP contribution in [0.4, 0.5) is 0 Å². The second kappa shape index (κ2) is 8.08. The van der Waals surface area contributed by atoms with Crippen LogP contribution in [-0.2, 0) is 14.6 Å². The minimum atomic E-state index is -1.55.